The van der Waals surface area contributed by atoms with Crippen molar-refractivity contribution in [1.82, 2.24) is 9.47 Å². The molecule has 6 heteroatoms. The van der Waals surface area contributed by atoms with Crippen LogP contribution in [0.25, 0.3) is 16.6 Å². The van der Waals surface area contributed by atoms with Crippen LogP contribution in [-0.4, -0.2) is 47.7 Å². The Bertz CT molecular complexity index is 1070. The Morgan fingerprint density at radius 1 is 1.13 bits per heavy atom. The van der Waals surface area contributed by atoms with Crippen molar-refractivity contribution >= 4 is 28.5 Å². The van der Waals surface area contributed by atoms with Crippen molar-refractivity contribution in [2.24, 2.45) is 5.41 Å². The second-order valence-corrected chi connectivity index (χ2v) is 8.83. The normalized spacial score (nSPS) is 24.5. The van der Waals surface area contributed by atoms with Crippen LogP contribution in [0.1, 0.15) is 56.8 Å². The van der Waals surface area contributed by atoms with Gasteiger partial charge in [-0.05, 0) is 49.9 Å². The zero-order valence-electron chi connectivity index (χ0n) is 18.4. The second-order valence-electron chi connectivity index (χ2n) is 8.83. The van der Waals surface area contributed by atoms with Gasteiger partial charge >= 0.3 is 11.9 Å². The van der Waals surface area contributed by atoms with Gasteiger partial charge in [0.15, 0.2) is 0 Å². The van der Waals surface area contributed by atoms with Crippen LogP contribution in [0.15, 0.2) is 30.3 Å². The third kappa shape index (κ3) is 3.11. The maximum absolute atomic E-state index is 13.3. The topological polar surface area (TPSA) is 60.8 Å². The molecule has 6 nitrogen and oxygen atoms in total. The molecule has 0 spiro atoms. The first kappa shape index (κ1) is 20.3. The number of esters is 2. The average molecular weight is 423 g/mol. The fourth-order valence-electron chi connectivity index (χ4n) is 5.89. The Morgan fingerprint density at radius 3 is 2.74 bits per heavy atom. The molecule has 0 saturated carbocycles. The number of ether oxygens (including phenoxy) is 2. The molecule has 0 radical (unpaired) electrons. The van der Waals surface area contributed by atoms with Gasteiger partial charge in [0, 0.05) is 29.5 Å². The molecule has 3 aliphatic heterocycles. The predicted octanol–water partition coefficient (Wildman–Crippen LogP) is 4.08. The number of nitrogens with zero attached hydrogens (tertiary/aromatic N) is 2. The van der Waals surface area contributed by atoms with Crippen LogP contribution in [0.5, 0.6) is 0 Å². The number of rotatable bonds is 6. The number of carbonyl (C=O) groups excluding carboxylic acids is 2. The van der Waals surface area contributed by atoms with E-state index in [0.717, 1.165) is 44.3 Å². The van der Waals surface area contributed by atoms with Gasteiger partial charge in [-0.25, -0.2) is 4.79 Å². The summed E-state index contributed by atoms with van der Waals surface area (Å²) in [6.07, 6.45) is 6.73. The molecule has 3 aliphatic rings. The molecule has 1 saturated heterocycles. The van der Waals surface area contributed by atoms with Crippen LogP contribution in [0.2, 0.25) is 0 Å². The molecule has 1 aromatic carbocycles. The van der Waals surface area contributed by atoms with Crippen molar-refractivity contribution in [3.63, 3.8) is 0 Å². The largest absolute Gasteiger partial charge is 0.462 e. The van der Waals surface area contributed by atoms with Gasteiger partial charge in [-0.1, -0.05) is 32.0 Å². The molecule has 1 fully saturated rings. The molecule has 0 amide bonds. The van der Waals surface area contributed by atoms with Crippen LogP contribution in [0.3, 0.4) is 0 Å². The summed E-state index contributed by atoms with van der Waals surface area (Å²) < 4.78 is 12.8. The Hall–Kier alpha value is -2.60. The highest BCUT2D eigenvalue weighted by Gasteiger charge is 2.51. The van der Waals surface area contributed by atoms with Gasteiger partial charge in [-0.2, -0.15) is 0 Å². The highest BCUT2D eigenvalue weighted by molar-refractivity contribution is 6.13. The lowest BCUT2D eigenvalue weighted by molar-refractivity contribution is -0.149. The third-order valence-corrected chi connectivity index (χ3v) is 7.33. The highest BCUT2D eigenvalue weighted by atomic mass is 16.6. The molecule has 2 atom stereocenters. The van der Waals surface area contributed by atoms with E-state index in [2.05, 4.69) is 40.7 Å². The van der Waals surface area contributed by atoms with Gasteiger partial charge in [0.05, 0.1) is 11.6 Å². The van der Waals surface area contributed by atoms with Gasteiger partial charge in [0.25, 0.3) is 0 Å². The molecule has 31 heavy (non-hydrogen) atoms. The number of fused-ring (bicyclic) bond motifs is 3. The third-order valence-electron chi connectivity index (χ3n) is 7.33. The molecule has 1 aromatic heterocycles. The number of hydrogen-bond donors (Lipinski definition) is 0. The molecule has 0 unspecified atom stereocenters. The lowest BCUT2D eigenvalue weighted by Crippen LogP contribution is -2.51. The molecule has 0 bridgehead atoms. The minimum Gasteiger partial charge on any atom is -0.462 e. The number of para-hydroxylation sites is 1. The Morgan fingerprint density at radius 2 is 1.94 bits per heavy atom. The van der Waals surface area contributed by atoms with Crippen LogP contribution < -0.4 is 0 Å². The Balaban J connectivity index is 1.57. The maximum atomic E-state index is 13.3. The predicted molar refractivity (Wildman–Crippen MR) is 118 cm³/mol. The summed E-state index contributed by atoms with van der Waals surface area (Å²) in [5.74, 6) is -0.626. The zero-order chi connectivity index (χ0) is 21.6. The van der Waals surface area contributed by atoms with Crippen molar-refractivity contribution in [3.05, 3.63) is 41.6 Å². The highest BCUT2D eigenvalue weighted by Crippen LogP contribution is 2.57. The quantitative estimate of drug-likeness (QED) is 0.519. The fraction of sp³-hybridized carbons (Fsp3) is 0.520. The molecular weight excluding hydrogens is 392 g/mol. The van der Waals surface area contributed by atoms with E-state index in [1.807, 2.05) is 6.07 Å². The lowest BCUT2D eigenvalue weighted by Gasteiger charge is -2.53. The maximum Gasteiger partial charge on any atom is 0.355 e. The van der Waals surface area contributed by atoms with E-state index in [9.17, 15) is 9.59 Å². The summed E-state index contributed by atoms with van der Waals surface area (Å²) >= 11 is 0. The summed E-state index contributed by atoms with van der Waals surface area (Å²) in [5, 5.41) is 1.24. The number of benzene rings is 1. The SMILES string of the molecule is CCC(=O)OCCOC(=O)C1=C[C@]2(CC)CCCN3CCc4c(n1c1ccccc41)[C@H]32. The lowest BCUT2D eigenvalue weighted by atomic mass is 9.66. The van der Waals surface area contributed by atoms with E-state index in [0.29, 0.717) is 18.2 Å². The fourth-order valence-corrected chi connectivity index (χ4v) is 5.89. The van der Waals surface area contributed by atoms with E-state index in [4.69, 9.17) is 9.47 Å². The zero-order valence-corrected chi connectivity index (χ0v) is 18.4. The summed E-state index contributed by atoms with van der Waals surface area (Å²) in [5.41, 5.74) is 4.29. The summed E-state index contributed by atoms with van der Waals surface area (Å²) in [6.45, 7) is 6.33. The van der Waals surface area contributed by atoms with Gasteiger partial charge < -0.3 is 14.0 Å². The van der Waals surface area contributed by atoms with Crippen molar-refractivity contribution in [2.75, 3.05) is 26.3 Å². The summed E-state index contributed by atoms with van der Waals surface area (Å²) in [6, 6.07) is 8.70. The average Bonchev–Trinajstić information content (AvgIpc) is 3.15. The van der Waals surface area contributed by atoms with E-state index < -0.39 is 0 Å². The second kappa shape index (κ2) is 7.83. The van der Waals surface area contributed by atoms with Crippen molar-refractivity contribution in [3.8, 4) is 0 Å². The van der Waals surface area contributed by atoms with Crippen LogP contribution >= 0.6 is 0 Å². The molecule has 0 aliphatic carbocycles. The minimum atomic E-state index is -0.343. The van der Waals surface area contributed by atoms with Gasteiger partial charge in [0.2, 0.25) is 0 Å². The molecule has 4 heterocycles. The smallest absolute Gasteiger partial charge is 0.355 e. The molecule has 5 rings (SSSR count). The van der Waals surface area contributed by atoms with E-state index in [1.54, 1.807) is 6.92 Å². The Labute approximate surface area is 182 Å². The number of hydrogen-bond acceptors (Lipinski definition) is 5. The van der Waals surface area contributed by atoms with E-state index in [-0.39, 0.29) is 30.6 Å². The van der Waals surface area contributed by atoms with Crippen LogP contribution in [0, 0.1) is 5.41 Å². The molecular formula is C25H30N2O4. The summed E-state index contributed by atoms with van der Waals surface area (Å²) in [7, 11) is 0. The van der Waals surface area contributed by atoms with Crippen molar-refractivity contribution in [1.29, 1.82) is 0 Å². The number of piperidine rings is 1. The van der Waals surface area contributed by atoms with Gasteiger partial charge in [-0.3, -0.25) is 9.69 Å². The standard InChI is InChI=1S/C25H30N2O4/c1-3-21(28)30-14-15-31-24(29)20-16-25(4-2)11-7-12-26-13-10-18-17-8-5-6-9-19(17)27(20)22(18)23(25)26/h5-6,8-9,16,23H,3-4,7,10-15H2,1-2H3/t23-,25-/m0/s1. The van der Waals surface area contributed by atoms with Crippen molar-refractivity contribution in [2.45, 2.75) is 52.0 Å². The van der Waals surface area contributed by atoms with Crippen LogP contribution in [0.4, 0.5) is 0 Å². The summed E-state index contributed by atoms with van der Waals surface area (Å²) in [4.78, 5) is 27.3. The van der Waals surface area contributed by atoms with E-state index in [1.165, 1.54) is 16.6 Å². The number of aromatic nitrogens is 1. The monoisotopic (exact) mass is 422 g/mol. The molecule has 0 N–H and O–H groups in total. The first-order chi connectivity index (χ1) is 15.1. The minimum absolute atomic E-state index is 0.0547. The molecule has 164 valence electrons. The Kier molecular flexibility index (Phi) is 5.13. The van der Waals surface area contributed by atoms with Crippen molar-refractivity contribution < 1.29 is 19.1 Å². The first-order valence-corrected chi connectivity index (χ1v) is 11.5. The molecule has 2 aromatic rings. The number of carbonyl (C=O) groups is 2. The van der Waals surface area contributed by atoms with Gasteiger partial charge in [0.1, 0.15) is 18.9 Å². The first-order valence-electron chi connectivity index (χ1n) is 11.5. The van der Waals surface area contributed by atoms with Crippen LogP contribution in [-0.2, 0) is 25.5 Å². The van der Waals surface area contributed by atoms with E-state index >= 15 is 0 Å². The van der Waals surface area contributed by atoms with Gasteiger partial charge in [-0.15, -0.1) is 0 Å².